The zero-order valence-electron chi connectivity index (χ0n) is 9.16. The van der Waals surface area contributed by atoms with Crippen molar-refractivity contribution < 1.29 is 9.53 Å². The van der Waals surface area contributed by atoms with Gasteiger partial charge in [0.1, 0.15) is 5.76 Å². The van der Waals surface area contributed by atoms with Crippen molar-refractivity contribution in [3.05, 3.63) is 37.7 Å². The maximum Gasteiger partial charge on any atom is 0.339 e. The van der Waals surface area contributed by atoms with Crippen LogP contribution < -0.4 is 0 Å². The van der Waals surface area contributed by atoms with Gasteiger partial charge in [-0.25, -0.2) is 4.79 Å². The summed E-state index contributed by atoms with van der Waals surface area (Å²) in [7, 11) is 0. The molecule has 0 atom stereocenters. The number of carbonyl (C=O) groups excluding carboxylic acids is 1. The van der Waals surface area contributed by atoms with Crippen LogP contribution in [0.5, 0.6) is 0 Å². The van der Waals surface area contributed by atoms with Crippen LogP contribution in [0.25, 0.3) is 6.08 Å². The first-order valence-electron chi connectivity index (χ1n) is 5.65. The van der Waals surface area contributed by atoms with Crippen LogP contribution in [0.2, 0.25) is 0 Å². The number of thiophene rings is 1. The van der Waals surface area contributed by atoms with E-state index >= 15 is 0 Å². The molecule has 1 aromatic rings. The van der Waals surface area contributed by atoms with Crippen LogP contribution in [0, 0.1) is 0 Å². The summed E-state index contributed by atoms with van der Waals surface area (Å²) in [6, 6.07) is 4.03. The lowest BCUT2D eigenvalue weighted by molar-refractivity contribution is -0.133. The van der Waals surface area contributed by atoms with Gasteiger partial charge in [0, 0.05) is 16.0 Å². The fourth-order valence-corrected chi connectivity index (χ4v) is 3.63. The van der Waals surface area contributed by atoms with Crippen LogP contribution in [-0.4, -0.2) is 5.97 Å². The first kappa shape index (κ1) is 11.2. The molecule has 0 N–H and O–H groups in total. The Hall–Kier alpha value is -0.870. The summed E-state index contributed by atoms with van der Waals surface area (Å²) in [6.07, 6.45) is 6.08. The Kier molecular flexibility index (Phi) is 2.92. The predicted molar refractivity (Wildman–Crippen MR) is 71.6 cm³/mol. The molecule has 1 aliphatic carbocycles. The van der Waals surface area contributed by atoms with E-state index in [1.165, 1.54) is 0 Å². The number of hydrogen-bond donors (Lipinski definition) is 0. The molecule has 0 saturated carbocycles. The molecule has 2 aliphatic rings. The Morgan fingerprint density at radius 3 is 2.71 bits per heavy atom. The zero-order chi connectivity index (χ0) is 11.8. The van der Waals surface area contributed by atoms with Crippen molar-refractivity contribution in [2.24, 2.45) is 0 Å². The fraction of sp³-hybridized carbons (Fsp3) is 0.308. The second-order valence-corrected chi connectivity index (χ2v) is 6.70. The first-order chi connectivity index (χ1) is 8.24. The third-order valence-electron chi connectivity index (χ3n) is 3.08. The highest BCUT2D eigenvalue weighted by atomic mass is 79.9. The number of hydrogen-bond acceptors (Lipinski definition) is 3. The summed E-state index contributed by atoms with van der Waals surface area (Å²) in [6.45, 7) is 0. The van der Waals surface area contributed by atoms with Crippen molar-refractivity contribution in [2.75, 3.05) is 0 Å². The molecule has 0 spiro atoms. The minimum atomic E-state index is -0.137. The summed E-state index contributed by atoms with van der Waals surface area (Å²) >= 11 is 5.07. The number of esters is 1. The third kappa shape index (κ3) is 2.11. The summed E-state index contributed by atoms with van der Waals surface area (Å²) in [5, 5.41) is 0. The van der Waals surface area contributed by atoms with Crippen molar-refractivity contribution in [3.8, 4) is 0 Å². The Morgan fingerprint density at radius 2 is 2.00 bits per heavy atom. The number of halogens is 1. The number of ether oxygens (including phenoxy) is 1. The summed E-state index contributed by atoms with van der Waals surface area (Å²) < 4.78 is 6.45. The van der Waals surface area contributed by atoms with Crippen molar-refractivity contribution in [1.82, 2.24) is 0 Å². The molecule has 0 saturated heterocycles. The van der Waals surface area contributed by atoms with Gasteiger partial charge >= 0.3 is 5.97 Å². The minimum absolute atomic E-state index is 0.137. The van der Waals surface area contributed by atoms with Gasteiger partial charge in [-0.1, -0.05) is 0 Å². The number of cyclic esters (lactones) is 1. The van der Waals surface area contributed by atoms with Gasteiger partial charge in [-0.15, -0.1) is 11.3 Å². The van der Waals surface area contributed by atoms with Crippen LogP contribution in [0.1, 0.15) is 30.6 Å². The lowest BCUT2D eigenvalue weighted by Crippen LogP contribution is -2.01. The monoisotopic (exact) mass is 310 g/mol. The van der Waals surface area contributed by atoms with Crippen LogP contribution >= 0.6 is 27.3 Å². The molecule has 0 bridgehead atoms. The summed E-state index contributed by atoms with van der Waals surface area (Å²) in [5.41, 5.74) is 2.03. The van der Waals surface area contributed by atoms with E-state index in [2.05, 4.69) is 15.9 Å². The maximum atomic E-state index is 11.7. The van der Waals surface area contributed by atoms with E-state index in [1.807, 2.05) is 18.2 Å². The van der Waals surface area contributed by atoms with Crippen LogP contribution in [0.15, 0.2) is 32.8 Å². The Balaban J connectivity index is 1.97. The molecule has 17 heavy (non-hydrogen) atoms. The van der Waals surface area contributed by atoms with Gasteiger partial charge in [0.25, 0.3) is 0 Å². The molecule has 0 amide bonds. The van der Waals surface area contributed by atoms with Crippen LogP contribution in [0.4, 0.5) is 0 Å². The minimum Gasteiger partial charge on any atom is -0.423 e. The van der Waals surface area contributed by atoms with E-state index in [0.29, 0.717) is 0 Å². The molecule has 0 unspecified atom stereocenters. The van der Waals surface area contributed by atoms with Crippen molar-refractivity contribution in [2.45, 2.75) is 25.7 Å². The fourth-order valence-electron chi connectivity index (χ4n) is 2.28. The second-order valence-electron chi connectivity index (χ2n) is 4.20. The molecule has 88 valence electrons. The lowest BCUT2D eigenvalue weighted by atomic mass is 9.92. The van der Waals surface area contributed by atoms with Gasteiger partial charge in [0.05, 0.1) is 3.79 Å². The molecule has 0 aromatic carbocycles. The normalized spacial score (nSPS) is 21.9. The Labute approximate surface area is 112 Å². The SMILES string of the molecule is O=C1O/C(=C/c2ccc(Br)s2)C2=C1CCCC2. The molecular formula is C13H11BrO2S. The molecule has 0 radical (unpaired) electrons. The second kappa shape index (κ2) is 4.42. The van der Waals surface area contributed by atoms with Gasteiger partial charge in [-0.3, -0.25) is 0 Å². The van der Waals surface area contributed by atoms with Gasteiger partial charge in [-0.05, 0) is 59.8 Å². The van der Waals surface area contributed by atoms with E-state index in [1.54, 1.807) is 11.3 Å². The number of carbonyl (C=O) groups is 1. The van der Waals surface area contributed by atoms with Gasteiger partial charge in [0.15, 0.2) is 0 Å². The molecule has 1 aromatic heterocycles. The highest BCUT2D eigenvalue weighted by molar-refractivity contribution is 9.11. The van der Waals surface area contributed by atoms with E-state index in [-0.39, 0.29) is 5.97 Å². The van der Waals surface area contributed by atoms with Gasteiger partial charge in [0.2, 0.25) is 0 Å². The van der Waals surface area contributed by atoms with E-state index in [0.717, 1.165) is 51.3 Å². The Bertz CT molecular complexity index is 539. The molecule has 1 aliphatic heterocycles. The molecular weight excluding hydrogens is 300 g/mol. The van der Waals surface area contributed by atoms with Crippen molar-refractivity contribution in [3.63, 3.8) is 0 Å². The smallest absolute Gasteiger partial charge is 0.339 e. The standard InChI is InChI=1S/C13H11BrO2S/c14-12-6-5-8(17-12)7-11-9-3-1-2-4-10(9)13(15)16-11/h5-7H,1-4H2/b11-7+. The van der Waals surface area contributed by atoms with Crippen LogP contribution in [-0.2, 0) is 9.53 Å². The Morgan fingerprint density at radius 1 is 1.24 bits per heavy atom. The van der Waals surface area contributed by atoms with E-state index in [9.17, 15) is 4.79 Å². The van der Waals surface area contributed by atoms with Crippen molar-refractivity contribution in [1.29, 1.82) is 0 Å². The molecule has 2 nitrogen and oxygen atoms in total. The maximum absolute atomic E-state index is 11.7. The quantitative estimate of drug-likeness (QED) is 0.724. The number of allylic oxidation sites excluding steroid dienone is 1. The highest BCUT2D eigenvalue weighted by Crippen LogP contribution is 2.38. The number of rotatable bonds is 1. The molecule has 4 heteroatoms. The van der Waals surface area contributed by atoms with E-state index in [4.69, 9.17) is 4.74 Å². The average Bonchev–Trinajstić information content (AvgIpc) is 2.86. The van der Waals surface area contributed by atoms with E-state index < -0.39 is 0 Å². The van der Waals surface area contributed by atoms with Crippen molar-refractivity contribution >= 4 is 39.3 Å². The van der Waals surface area contributed by atoms with Gasteiger partial charge in [-0.2, -0.15) is 0 Å². The largest absolute Gasteiger partial charge is 0.423 e. The molecule has 2 heterocycles. The average molecular weight is 311 g/mol. The first-order valence-corrected chi connectivity index (χ1v) is 7.26. The summed E-state index contributed by atoms with van der Waals surface area (Å²) in [5.74, 6) is 0.626. The topological polar surface area (TPSA) is 26.3 Å². The predicted octanol–water partition coefficient (Wildman–Crippen LogP) is 4.28. The van der Waals surface area contributed by atoms with Gasteiger partial charge < -0.3 is 4.74 Å². The zero-order valence-corrected chi connectivity index (χ0v) is 11.6. The highest BCUT2D eigenvalue weighted by Gasteiger charge is 2.31. The molecule has 3 rings (SSSR count). The molecule has 0 fully saturated rings. The van der Waals surface area contributed by atoms with Crippen LogP contribution in [0.3, 0.4) is 0 Å². The lowest BCUT2D eigenvalue weighted by Gasteiger charge is -2.09. The third-order valence-corrected chi connectivity index (χ3v) is 4.65. The summed E-state index contributed by atoms with van der Waals surface area (Å²) in [4.78, 5) is 12.8.